The number of phosphoric acid groups is 1. The molecule has 278 valence electrons. The Morgan fingerprint density at radius 2 is 1.70 bits per heavy atom. The van der Waals surface area contributed by atoms with Crippen LogP contribution in [-0.2, 0) is 29.6 Å². The number of nitrogens with one attached hydrogen (secondary N) is 2. The minimum absolute atomic E-state index is 0.0503. The van der Waals surface area contributed by atoms with Gasteiger partial charge in [-0.1, -0.05) is 36.4 Å². The van der Waals surface area contributed by atoms with Crippen molar-refractivity contribution in [2.75, 3.05) is 24.3 Å². The van der Waals surface area contributed by atoms with Gasteiger partial charge in [-0.25, -0.2) is 28.9 Å². The third kappa shape index (κ3) is 6.51. The van der Waals surface area contributed by atoms with E-state index in [0.717, 1.165) is 27.2 Å². The maximum Gasteiger partial charge on any atom is 0.472 e. The number of fused-ring (bicyclic) bond motifs is 3. The molecule has 6 heterocycles. The average Bonchev–Trinajstić information content (AvgIpc) is 3.91. The van der Waals surface area contributed by atoms with Crippen molar-refractivity contribution in [2.24, 2.45) is 0 Å². The van der Waals surface area contributed by atoms with Crippen LogP contribution in [0.3, 0.4) is 0 Å². The summed E-state index contributed by atoms with van der Waals surface area (Å²) in [5.41, 5.74) is 6.28. The summed E-state index contributed by atoms with van der Waals surface area (Å²) >= 11 is 0. The van der Waals surface area contributed by atoms with E-state index in [0.29, 0.717) is 17.9 Å². The van der Waals surface area contributed by atoms with Crippen LogP contribution in [0.15, 0.2) is 66.2 Å². The Kier molecular flexibility index (Phi) is 9.13. The zero-order valence-electron chi connectivity index (χ0n) is 27.3. The van der Waals surface area contributed by atoms with E-state index in [9.17, 15) is 29.6 Å². The molecule has 0 amide bonds. The molecule has 8 N–H and O–H groups in total. The number of aromatic amines is 1. The summed E-state index contributed by atoms with van der Waals surface area (Å²) in [7, 11) is -5.13. The van der Waals surface area contributed by atoms with E-state index in [1.807, 2.05) is 42.5 Å². The summed E-state index contributed by atoms with van der Waals surface area (Å²) < 4.78 is 53.2. The van der Waals surface area contributed by atoms with Crippen LogP contribution in [0.25, 0.3) is 33.1 Å². The number of nitrogen functional groups attached to an aromatic ring is 1. The molecule has 1 unspecified atom stereocenters. The number of halogens is 1. The van der Waals surface area contributed by atoms with E-state index >= 15 is 4.39 Å². The summed E-state index contributed by atoms with van der Waals surface area (Å²) in [6.45, 7) is -1.19. The summed E-state index contributed by atoms with van der Waals surface area (Å²) in [6.07, 6.45) is -9.18. The van der Waals surface area contributed by atoms with Crippen molar-refractivity contribution < 1.29 is 47.7 Å². The predicted octanol–water partition coefficient (Wildman–Crippen LogP) is 0.656. The number of anilines is 2. The molecule has 4 aromatic heterocycles. The van der Waals surface area contributed by atoms with Crippen LogP contribution in [0, 0.1) is 0 Å². The van der Waals surface area contributed by atoms with Gasteiger partial charge in [0.25, 0.3) is 5.56 Å². The van der Waals surface area contributed by atoms with E-state index in [4.69, 9.17) is 24.3 Å². The molecular formula is C31H32FN10O10P. The Bertz CT molecular complexity index is 2410. The van der Waals surface area contributed by atoms with Crippen LogP contribution in [0.1, 0.15) is 18.0 Å². The third-order valence-corrected chi connectivity index (χ3v) is 10.1. The Balaban J connectivity index is 0.935. The number of nitrogens with zero attached hydrogens (tertiary/aromatic N) is 7. The van der Waals surface area contributed by atoms with Gasteiger partial charge in [0, 0.05) is 6.54 Å². The topological polar surface area (TPSA) is 280 Å². The number of nitrogens with two attached hydrogens (primary N) is 1. The Labute approximate surface area is 296 Å². The zero-order valence-corrected chi connectivity index (χ0v) is 28.2. The lowest BCUT2D eigenvalue weighted by molar-refractivity contribution is -0.0585. The van der Waals surface area contributed by atoms with E-state index in [-0.39, 0.29) is 22.8 Å². The molecule has 2 aliphatic heterocycles. The lowest BCUT2D eigenvalue weighted by Gasteiger charge is -2.22. The largest absolute Gasteiger partial charge is 0.472 e. The second-order valence-electron chi connectivity index (χ2n) is 12.4. The molecule has 0 radical (unpaired) electrons. The first-order chi connectivity index (χ1) is 25.5. The molecule has 20 nitrogen and oxygen atoms in total. The fourth-order valence-corrected chi connectivity index (χ4v) is 7.43. The molecule has 22 heteroatoms. The second kappa shape index (κ2) is 13.8. The maximum absolute atomic E-state index is 16.1. The Morgan fingerprint density at radius 3 is 2.49 bits per heavy atom. The lowest BCUT2D eigenvalue weighted by Crippen LogP contribution is -2.35. The van der Waals surface area contributed by atoms with Gasteiger partial charge in [0.1, 0.15) is 36.8 Å². The number of ether oxygens (including phenoxy) is 2. The fourth-order valence-electron chi connectivity index (χ4n) is 6.47. The van der Waals surface area contributed by atoms with E-state index in [1.54, 1.807) is 0 Å². The molecule has 2 aliphatic rings. The molecule has 2 saturated heterocycles. The van der Waals surface area contributed by atoms with Gasteiger partial charge in [0.15, 0.2) is 46.8 Å². The van der Waals surface area contributed by atoms with Crippen molar-refractivity contribution >= 4 is 52.7 Å². The first-order valence-corrected chi connectivity index (χ1v) is 17.7. The van der Waals surface area contributed by atoms with Gasteiger partial charge in [-0.05, 0) is 22.4 Å². The highest BCUT2D eigenvalue weighted by Crippen LogP contribution is 2.50. The summed E-state index contributed by atoms with van der Waals surface area (Å²) in [5, 5.41) is 36.7. The number of imidazole rings is 2. The SMILES string of the molecule is Nc1nc2c(ncn2[C@@H]2O[C@H](COP(=O)(O)O[C@H]3[C@@H](F)[C@H](n4cnc5c(NCc6ccc7ccccc7c6)ncnc54)O[C@@H]3CO)[C@@H](O)[C@H]2O)c(=O)[nH]1. The van der Waals surface area contributed by atoms with Crippen LogP contribution in [-0.4, -0.2) is 109 Å². The number of rotatable bonds is 11. The number of phosphoric ester groups is 1. The first kappa shape index (κ1) is 35.1. The number of hydrogen-bond donors (Lipinski definition) is 7. The molecule has 0 aliphatic carbocycles. The lowest BCUT2D eigenvalue weighted by atomic mass is 10.1. The molecule has 6 aromatic rings. The van der Waals surface area contributed by atoms with Crippen LogP contribution >= 0.6 is 7.82 Å². The van der Waals surface area contributed by atoms with Crippen molar-refractivity contribution in [3.05, 3.63) is 77.4 Å². The van der Waals surface area contributed by atoms with Crippen LogP contribution in [0.4, 0.5) is 16.2 Å². The number of aliphatic hydroxyl groups excluding tert-OH is 3. The van der Waals surface area contributed by atoms with Gasteiger partial charge >= 0.3 is 7.82 Å². The molecule has 0 saturated carbocycles. The van der Waals surface area contributed by atoms with Crippen molar-refractivity contribution in [3.63, 3.8) is 0 Å². The maximum atomic E-state index is 16.1. The Hall–Kier alpha value is -4.96. The molecule has 2 aromatic carbocycles. The van der Waals surface area contributed by atoms with E-state index in [2.05, 4.69) is 35.2 Å². The minimum atomic E-state index is -5.13. The average molecular weight is 755 g/mol. The van der Waals surface area contributed by atoms with Gasteiger partial charge in [-0.2, -0.15) is 4.98 Å². The number of benzene rings is 2. The van der Waals surface area contributed by atoms with Crippen LogP contribution in [0.5, 0.6) is 0 Å². The highest BCUT2D eigenvalue weighted by atomic mass is 31.2. The molecule has 0 spiro atoms. The number of aliphatic hydroxyl groups is 3. The highest BCUT2D eigenvalue weighted by Gasteiger charge is 2.51. The summed E-state index contributed by atoms with van der Waals surface area (Å²) in [4.78, 5) is 45.8. The minimum Gasteiger partial charge on any atom is -0.394 e. The molecule has 2 fully saturated rings. The third-order valence-electron chi connectivity index (χ3n) is 9.07. The smallest absolute Gasteiger partial charge is 0.394 e. The monoisotopic (exact) mass is 754 g/mol. The zero-order chi connectivity index (χ0) is 37.0. The quantitative estimate of drug-likeness (QED) is 0.0894. The Morgan fingerprint density at radius 1 is 0.962 bits per heavy atom. The van der Waals surface area contributed by atoms with Gasteiger partial charge in [0.05, 0.1) is 25.9 Å². The summed E-state index contributed by atoms with van der Waals surface area (Å²) in [5.74, 6) is 0.138. The van der Waals surface area contributed by atoms with Crippen molar-refractivity contribution in [1.29, 1.82) is 0 Å². The number of aromatic nitrogens is 8. The van der Waals surface area contributed by atoms with Gasteiger partial charge in [0.2, 0.25) is 5.95 Å². The van der Waals surface area contributed by atoms with Gasteiger partial charge in [-0.3, -0.25) is 28.0 Å². The van der Waals surface area contributed by atoms with Gasteiger partial charge < -0.3 is 40.7 Å². The second-order valence-corrected chi connectivity index (χ2v) is 13.8. The predicted molar refractivity (Wildman–Crippen MR) is 182 cm³/mol. The van der Waals surface area contributed by atoms with Crippen molar-refractivity contribution in [2.45, 2.75) is 55.7 Å². The van der Waals surface area contributed by atoms with Gasteiger partial charge in [-0.15, -0.1) is 0 Å². The first-order valence-electron chi connectivity index (χ1n) is 16.2. The highest BCUT2D eigenvalue weighted by molar-refractivity contribution is 7.47. The molecule has 0 bridgehead atoms. The fraction of sp³-hybridized carbons (Fsp3) is 0.355. The van der Waals surface area contributed by atoms with E-state index < -0.39 is 75.7 Å². The van der Waals surface area contributed by atoms with Crippen LogP contribution < -0.4 is 16.6 Å². The standard InChI is InChI=1S/C31H32FN10O10P/c32-19-24(52-53(47,48)49-10-18-22(44)23(45)30(51-18)42-13-38-21-27(42)39-31(33)40-28(21)46)17(9-43)50-29(19)41-12-37-20-25(35-11-36-26(20)41)34-8-14-5-6-15-3-1-2-4-16(15)7-14/h1-7,11-13,17-19,22-24,29-30,43-45H,8-10H2,(H,47,48)(H,34,35,36)(H3,33,39,40,46)/t17-,18-,19-,22-,23-,24-,29-,30-/m1/s1. The van der Waals surface area contributed by atoms with E-state index in [1.165, 1.54) is 17.2 Å². The number of hydrogen-bond acceptors (Lipinski definition) is 16. The van der Waals surface area contributed by atoms with Crippen molar-refractivity contribution in [1.82, 2.24) is 39.0 Å². The molecule has 53 heavy (non-hydrogen) atoms. The normalized spacial score (nSPS) is 27.2. The van der Waals surface area contributed by atoms with Crippen molar-refractivity contribution in [3.8, 4) is 0 Å². The molecule has 9 atom stereocenters. The summed E-state index contributed by atoms with van der Waals surface area (Å²) in [6, 6.07) is 14.0. The number of H-pyrrole nitrogens is 1. The van der Waals surface area contributed by atoms with Crippen LogP contribution in [0.2, 0.25) is 0 Å². The number of alkyl halides is 1. The molecule has 8 rings (SSSR count). The molecular weight excluding hydrogens is 722 g/mol.